The molecule has 1 aliphatic heterocycles. The average molecular weight is 323 g/mol. The molecule has 8 heteroatoms. The summed E-state index contributed by atoms with van der Waals surface area (Å²) in [5.74, 6) is -0.243. The van der Waals surface area contributed by atoms with Gasteiger partial charge in [-0.15, -0.1) is 0 Å². The molecule has 0 bridgehead atoms. The molecule has 1 saturated heterocycles. The largest absolute Gasteiger partial charge is 0.481 e. The summed E-state index contributed by atoms with van der Waals surface area (Å²) < 4.78 is 5.37. The Labute approximate surface area is 130 Å². The first-order chi connectivity index (χ1) is 10.2. The third kappa shape index (κ3) is 8.02. The second kappa shape index (κ2) is 10.9. The fourth-order valence-electron chi connectivity index (χ4n) is 1.98. The van der Waals surface area contributed by atoms with Gasteiger partial charge in [0, 0.05) is 13.5 Å². The number of carboxylic acids is 1. The van der Waals surface area contributed by atoms with Crippen molar-refractivity contribution in [3.05, 3.63) is 0 Å². The third-order valence-electron chi connectivity index (χ3n) is 3.24. The van der Waals surface area contributed by atoms with E-state index in [9.17, 15) is 15.3 Å². The van der Waals surface area contributed by atoms with Crippen LogP contribution in [-0.4, -0.2) is 81.7 Å². The monoisotopic (exact) mass is 323 g/mol. The molecule has 0 aromatic heterocycles. The first kappa shape index (κ1) is 21.2. The summed E-state index contributed by atoms with van der Waals surface area (Å²) in [7, 11) is 0. The first-order valence-corrected chi connectivity index (χ1v) is 7.41. The van der Waals surface area contributed by atoms with E-state index >= 15 is 0 Å². The first-order valence-electron chi connectivity index (χ1n) is 7.41. The molecule has 1 fully saturated rings. The summed E-state index contributed by atoms with van der Waals surface area (Å²) in [4.78, 5) is 9.00. The lowest BCUT2D eigenvalue weighted by molar-refractivity contribution is -0.227. The predicted octanol–water partition coefficient (Wildman–Crippen LogP) is -1.44. The van der Waals surface area contributed by atoms with Crippen LogP contribution in [0.2, 0.25) is 0 Å². The topological polar surface area (TPSA) is 139 Å². The van der Waals surface area contributed by atoms with Crippen molar-refractivity contribution in [2.45, 2.75) is 57.7 Å². The molecule has 22 heavy (non-hydrogen) atoms. The van der Waals surface area contributed by atoms with Gasteiger partial charge in [-0.05, 0) is 18.9 Å². The van der Waals surface area contributed by atoms with Gasteiger partial charge in [-0.25, -0.2) is 0 Å². The summed E-state index contributed by atoms with van der Waals surface area (Å²) in [6, 6.07) is 0. The molecule has 0 aliphatic carbocycles. The summed E-state index contributed by atoms with van der Waals surface area (Å²) in [5.41, 5.74) is 0. The molecule has 6 N–H and O–H groups in total. The highest BCUT2D eigenvalue weighted by atomic mass is 16.5. The van der Waals surface area contributed by atoms with Crippen LogP contribution in [0.15, 0.2) is 0 Å². The molecule has 0 unspecified atom stereocenters. The van der Waals surface area contributed by atoms with Gasteiger partial charge >= 0.3 is 0 Å². The molecule has 0 aromatic rings. The Morgan fingerprint density at radius 3 is 2.09 bits per heavy atom. The zero-order chi connectivity index (χ0) is 17.3. The molecular weight excluding hydrogens is 294 g/mol. The van der Waals surface area contributed by atoms with Gasteiger partial charge in [-0.3, -0.25) is 4.79 Å². The molecular formula is C14H29NO7. The van der Waals surface area contributed by atoms with E-state index in [-0.39, 0.29) is 6.61 Å². The molecule has 0 spiro atoms. The maximum atomic E-state index is 9.77. The van der Waals surface area contributed by atoms with Crippen LogP contribution in [0, 0.1) is 5.92 Å². The fourth-order valence-corrected chi connectivity index (χ4v) is 1.98. The zero-order valence-electron chi connectivity index (χ0n) is 13.3. The second-order valence-corrected chi connectivity index (χ2v) is 5.77. The van der Waals surface area contributed by atoms with Crippen molar-refractivity contribution in [2.24, 2.45) is 5.92 Å². The van der Waals surface area contributed by atoms with E-state index in [1.165, 1.54) is 0 Å². The van der Waals surface area contributed by atoms with E-state index in [4.69, 9.17) is 19.7 Å². The quantitative estimate of drug-likeness (QED) is 0.327. The normalized spacial score (nSPS) is 31.5. The van der Waals surface area contributed by atoms with E-state index in [0.29, 0.717) is 12.5 Å². The molecule has 0 amide bonds. The van der Waals surface area contributed by atoms with Crippen LogP contribution in [0.3, 0.4) is 0 Å². The van der Waals surface area contributed by atoms with Crippen molar-refractivity contribution < 1.29 is 35.1 Å². The summed E-state index contributed by atoms with van der Waals surface area (Å²) in [5, 5.41) is 48.6. The van der Waals surface area contributed by atoms with Crippen molar-refractivity contribution in [3.63, 3.8) is 0 Å². The lowest BCUT2D eigenvalue weighted by Gasteiger charge is -2.40. The van der Waals surface area contributed by atoms with Crippen molar-refractivity contribution >= 4 is 5.97 Å². The minimum atomic E-state index is -1.28. The van der Waals surface area contributed by atoms with Gasteiger partial charge in [0.15, 0.2) is 0 Å². The van der Waals surface area contributed by atoms with Crippen LogP contribution in [0.4, 0.5) is 0 Å². The summed E-state index contributed by atoms with van der Waals surface area (Å²) >= 11 is 0. The van der Waals surface area contributed by atoms with Crippen LogP contribution < -0.4 is 5.32 Å². The van der Waals surface area contributed by atoms with Crippen LogP contribution in [0.25, 0.3) is 0 Å². The summed E-state index contributed by atoms with van der Waals surface area (Å²) in [6.45, 7) is 6.12. The highest BCUT2D eigenvalue weighted by Gasteiger charge is 2.42. The average Bonchev–Trinajstić information content (AvgIpc) is 2.42. The molecule has 0 aromatic carbocycles. The van der Waals surface area contributed by atoms with E-state index in [1.54, 1.807) is 0 Å². The molecule has 5 atom stereocenters. The Hall–Kier alpha value is -0.770. The molecule has 1 aliphatic rings. The molecule has 8 nitrogen and oxygen atoms in total. The number of carboxylic acid groups (broad SMARTS) is 1. The van der Waals surface area contributed by atoms with Crippen LogP contribution in [0.5, 0.6) is 0 Å². The van der Waals surface area contributed by atoms with Crippen molar-refractivity contribution in [1.82, 2.24) is 5.32 Å². The SMILES string of the molecule is CC(=O)O.CC(C)CCNC[C@@H]1O[C@H](CO)[C@@H](O)[C@H](O)[C@@H]1O. The molecule has 132 valence electrons. The van der Waals surface area contributed by atoms with Gasteiger partial charge in [-0.1, -0.05) is 13.8 Å². The zero-order valence-corrected chi connectivity index (χ0v) is 13.3. The van der Waals surface area contributed by atoms with Gasteiger partial charge < -0.3 is 35.6 Å². The highest BCUT2D eigenvalue weighted by Crippen LogP contribution is 2.20. The number of aliphatic carboxylic acids is 1. The number of aliphatic hydroxyl groups is 4. The second-order valence-electron chi connectivity index (χ2n) is 5.77. The molecule has 0 saturated carbocycles. The van der Waals surface area contributed by atoms with Gasteiger partial charge in [0.1, 0.15) is 24.4 Å². The van der Waals surface area contributed by atoms with Crippen molar-refractivity contribution in [1.29, 1.82) is 0 Å². The van der Waals surface area contributed by atoms with Crippen LogP contribution in [-0.2, 0) is 9.53 Å². The Balaban J connectivity index is 0.000000980. The molecule has 0 radical (unpaired) electrons. The lowest BCUT2D eigenvalue weighted by Crippen LogP contribution is -2.60. The minimum Gasteiger partial charge on any atom is -0.481 e. The Morgan fingerprint density at radius 2 is 1.64 bits per heavy atom. The number of aliphatic hydroxyl groups excluding tert-OH is 4. The third-order valence-corrected chi connectivity index (χ3v) is 3.24. The Morgan fingerprint density at radius 1 is 1.14 bits per heavy atom. The van der Waals surface area contributed by atoms with Gasteiger partial charge in [0.2, 0.25) is 0 Å². The Bertz CT molecular complexity index is 308. The van der Waals surface area contributed by atoms with Crippen LogP contribution in [0.1, 0.15) is 27.2 Å². The number of hydrogen-bond donors (Lipinski definition) is 6. The van der Waals surface area contributed by atoms with E-state index in [2.05, 4.69) is 19.2 Å². The number of nitrogens with one attached hydrogen (secondary N) is 1. The van der Waals surface area contributed by atoms with E-state index in [0.717, 1.165) is 19.9 Å². The number of hydrogen-bond acceptors (Lipinski definition) is 7. The highest BCUT2D eigenvalue weighted by molar-refractivity contribution is 5.62. The Kier molecular flexibility index (Phi) is 10.5. The fraction of sp³-hybridized carbons (Fsp3) is 0.929. The maximum absolute atomic E-state index is 9.77. The van der Waals surface area contributed by atoms with Gasteiger partial charge in [-0.2, -0.15) is 0 Å². The van der Waals surface area contributed by atoms with Gasteiger partial charge in [0.25, 0.3) is 5.97 Å². The van der Waals surface area contributed by atoms with Crippen molar-refractivity contribution in [2.75, 3.05) is 19.7 Å². The van der Waals surface area contributed by atoms with Crippen molar-refractivity contribution in [3.8, 4) is 0 Å². The number of ether oxygens (including phenoxy) is 1. The van der Waals surface area contributed by atoms with Crippen LogP contribution >= 0.6 is 0 Å². The van der Waals surface area contributed by atoms with Gasteiger partial charge in [0.05, 0.1) is 12.7 Å². The lowest BCUT2D eigenvalue weighted by atomic mass is 9.95. The molecule has 1 heterocycles. The number of rotatable bonds is 6. The predicted molar refractivity (Wildman–Crippen MR) is 79.4 cm³/mol. The number of carbonyl (C=O) groups is 1. The standard InChI is InChI=1S/C12H25NO5.C2H4O2/c1-7(2)3-4-13-5-8-10(15)12(17)11(16)9(6-14)18-8;1-2(3)4/h7-17H,3-6H2,1-2H3;1H3,(H,3,4)/t8-,9+,10+,11+,12+;/m0./s1. The molecule has 1 rings (SSSR count). The van der Waals surface area contributed by atoms with E-state index < -0.39 is 36.5 Å². The maximum Gasteiger partial charge on any atom is 0.300 e. The summed E-state index contributed by atoms with van der Waals surface area (Å²) in [6.07, 6.45) is -4.13. The van der Waals surface area contributed by atoms with E-state index in [1.807, 2.05) is 0 Å². The minimum absolute atomic E-state index is 0.382. The smallest absolute Gasteiger partial charge is 0.300 e.